The molecule has 0 amide bonds. The summed E-state index contributed by atoms with van der Waals surface area (Å²) >= 11 is 0. The maximum Gasteiger partial charge on any atom is 0.416 e. The quantitative estimate of drug-likeness (QED) is 0.756. The molecule has 1 unspecified atom stereocenters. The molecule has 5 rings (SSSR count). The Morgan fingerprint density at radius 1 is 1.00 bits per heavy atom. The van der Waals surface area contributed by atoms with Crippen LogP contribution in [0.2, 0.25) is 0 Å². The lowest BCUT2D eigenvalue weighted by Crippen LogP contribution is -2.34. The summed E-state index contributed by atoms with van der Waals surface area (Å²) in [7, 11) is 0. The minimum absolute atomic E-state index is 0.304. The third kappa shape index (κ3) is 3.70. The zero-order valence-electron chi connectivity index (χ0n) is 15.8. The molecule has 2 fully saturated rings. The van der Waals surface area contributed by atoms with Gasteiger partial charge in [-0.05, 0) is 53.5 Å². The summed E-state index contributed by atoms with van der Waals surface area (Å²) in [6.45, 7) is 3.39. The number of alkyl halides is 3. The van der Waals surface area contributed by atoms with E-state index in [0.29, 0.717) is 23.9 Å². The number of hydrogen-bond donors (Lipinski definition) is 1. The lowest BCUT2D eigenvalue weighted by molar-refractivity contribution is -0.137. The van der Waals surface area contributed by atoms with Gasteiger partial charge < -0.3 is 5.32 Å². The van der Waals surface area contributed by atoms with E-state index in [0.717, 1.165) is 30.8 Å². The van der Waals surface area contributed by atoms with Crippen molar-refractivity contribution in [1.29, 1.82) is 0 Å². The lowest BCUT2D eigenvalue weighted by atomic mass is 10.1. The molecule has 0 aromatic heterocycles. The normalized spacial score (nSPS) is 25.5. The van der Waals surface area contributed by atoms with Crippen LogP contribution in [0.25, 0.3) is 0 Å². The van der Waals surface area contributed by atoms with Gasteiger partial charge in [-0.25, -0.2) is 0 Å². The van der Waals surface area contributed by atoms with E-state index in [4.69, 9.17) is 0 Å². The predicted molar refractivity (Wildman–Crippen MR) is 103 cm³/mol. The molecule has 2 aromatic rings. The van der Waals surface area contributed by atoms with Crippen LogP contribution < -0.4 is 5.32 Å². The summed E-state index contributed by atoms with van der Waals surface area (Å²) in [5, 5.41) is 3.76. The van der Waals surface area contributed by atoms with E-state index in [9.17, 15) is 13.2 Å². The van der Waals surface area contributed by atoms with Gasteiger partial charge in [-0.3, -0.25) is 4.90 Å². The maximum absolute atomic E-state index is 12.9. The summed E-state index contributed by atoms with van der Waals surface area (Å²) in [5.74, 6) is 0.633. The molecule has 3 aliphatic rings. The Labute approximate surface area is 163 Å². The number of halogens is 3. The highest BCUT2D eigenvalue weighted by molar-refractivity contribution is 5.36. The van der Waals surface area contributed by atoms with Crippen LogP contribution in [0, 0.1) is 5.41 Å². The Morgan fingerprint density at radius 2 is 1.75 bits per heavy atom. The van der Waals surface area contributed by atoms with Crippen molar-refractivity contribution in [2.45, 2.75) is 50.5 Å². The summed E-state index contributed by atoms with van der Waals surface area (Å²) in [5.41, 5.74) is 3.07. The van der Waals surface area contributed by atoms with Gasteiger partial charge in [0.15, 0.2) is 0 Å². The smallest absolute Gasteiger partial charge is 0.313 e. The molecule has 2 aliphatic carbocycles. The molecule has 0 spiro atoms. The molecule has 2 atom stereocenters. The van der Waals surface area contributed by atoms with E-state index < -0.39 is 11.7 Å². The largest absolute Gasteiger partial charge is 0.416 e. The van der Waals surface area contributed by atoms with Gasteiger partial charge in [0.1, 0.15) is 0 Å². The van der Waals surface area contributed by atoms with Crippen molar-refractivity contribution in [3.63, 3.8) is 0 Å². The van der Waals surface area contributed by atoms with Gasteiger partial charge in [0, 0.05) is 38.1 Å². The highest BCUT2D eigenvalue weighted by atomic mass is 19.4. The molecule has 0 bridgehead atoms. The summed E-state index contributed by atoms with van der Waals surface area (Å²) in [6.07, 6.45) is -0.633. The first-order valence-corrected chi connectivity index (χ1v) is 10.1. The fraction of sp³-hybridized carbons (Fsp3) is 0.478. The maximum atomic E-state index is 12.9. The molecule has 0 radical (unpaired) electrons. The zero-order chi connectivity index (χ0) is 19.4. The van der Waals surface area contributed by atoms with Crippen LogP contribution in [0.1, 0.15) is 47.4 Å². The van der Waals surface area contributed by atoms with Crippen molar-refractivity contribution < 1.29 is 13.2 Å². The molecule has 1 N–H and O–H groups in total. The molecular formula is C23H25F3N2. The molecule has 28 heavy (non-hydrogen) atoms. The molecular weight excluding hydrogens is 361 g/mol. The third-order valence-corrected chi connectivity index (χ3v) is 6.60. The van der Waals surface area contributed by atoms with Crippen LogP contribution in [-0.2, 0) is 19.3 Å². The zero-order valence-corrected chi connectivity index (χ0v) is 15.8. The highest BCUT2D eigenvalue weighted by Gasteiger charge is 2.47. The molecule has 5 heteroatoms. The van der Waals surface area contributed by atoms with E-state index >= 15 is 0 Å². The first-order valence-electron chi connectivity index (χ1n) is 10.1. The van der Waals surface area contributed by atoms with Crippen molar-refractivity contribution in [3.05, 3.63) is 70.8 Å². The first kappa shape index (κ1) is 18.2. The average Bonchev–Trinajstić information content (AvgIpc) is 3.56. The van der Waals surface area contributed by atoms with Gasteiger partial charge in [0.05, 0.1) is 5.56 Å². The van der Waals surface area contributed by atoms with Crippen molar-refractivity contribution in [2.75, 3.05) is 13.1 Å². The predicted octanol–water partition coefficient (Wildman–Crippen LogP) is 4.95. The van der Waals surface area contributed by atoms with Crippen LogP contribution in [0.3, 0.4) is 0 Å². The van der Waals surface area contributed by atoms with E-state index in [-0.39, 0.29) is 0 Å². The molecule has 2 nitrogen and oxygen atoms in total. The third-order valence-electron chi connectivity index (χ3n) is 6.60. The van der Waals surface area contributed by atoms with Crippen LogP contribution >= 0.6 is 0 Å². The van der Waals surface area contributed by atoms with Gasteiger partial charge >= 0.3 is 6.18 Å². The number of benzene rings is 2. The Hall–Kier alpha value is -1.85. The summed E-state index contributed by atoms with van der Waals surface area (Å²) in [6, 6.07) is 15.4. The Balaban J connectivity index is 1.15. The highest BCUT2D eigenvalue weighted by Crippen LogP contribution is 2.48. The second kappa shape index (κ2) is 6.60. The van der Waals surface area contributed by atoms with Crippen molar-refractivity contribution in [2.24, 2.45) is 5.41 Å². The number of nitrogens with one attached hydrogen (secondary N) is 1. The van der Waals surface area contributed by atoms with E-state index in [1.807, 2.05) is 0 Å². The molecule has 1 aliphatic heterocycles. The average molecular weight is 386 g/mol. The van der Waals surface area contributed by atoms with E-state index in [1.165, 1.54) is 37.0 Å². The minimum Gasteiger partial charge on any atom is -0.313 e. The molecule has 1 heterocycles. The van der Waals surface area contributed by atoms with Crippen LogP contribution in [-0.4, -0.2) is 24.0 Å². The molecule has 2 saturated carbocycles. The number of rotatable bonds is 6. The van der Waals surface area contributed by atoms with Gasteiger partial charge in [-0.2, -0.15) is 13.2 Å². The van der Waals surface area contributed by atoms with Gasteiger partial charge in [0.2, 0.25) is 0 Å². The Morgan fingerprint density at radius 3 is 2.46 bits per heavy atom. The van der Waals surface area contributed by atoms with Crippen molar-refractivity contribution >= 4 is 0 Å². The minimum atomic E-state index is -4.26. The van der Waals surface area contributed by atoms with Gasteiger partial charge in [0.25, 0.3) is 0 Å². The molecule has 148 valence electrons. The van der Waals surface area contributed by atoms with E-state index in [1.54, 1.807) is 6.07 Å². The summed E-state index contributed by atoms with van der Waals surface area (Å²) < 4.78 is 38.8. The second-order valence-electron chi connectivity index (χ2n) is 8.87. The second-order valence-corrected chi connectivity index (χ2v) is 8.87. The Bertz CT molecular complexity index is 858. The SMILES string of the molecule is FC(F)(F)c1ccc2c(c1)CN(CC1(CN[C@H]3CC3c3ccccc3)CC1)C2. The molecule has 0 saturated heterocycles. The number of nitrogens with zero attached hydrogens (tertiary/aromatic N) is 1. The molecule has 2 aromatic carbocycles. The standard InChI is InChI=1S/C23H25F3N2/c24-23(25,26)19-7-6-17-12-28(13-18(17)10-19)15-22(8-9-22)14-27-21-11-20(21)16-4-2-1-3-5-16/h1-7,10,20-21,27H,8-9,11-15H2/t20?,21-/m0/s1. The topological polar surface area (TPSA) is 15.3 Å². The lowest BCUT2D eigenvalue weighted by Gasteiger charge is -2.23. The van der Waals surface area contributed by atoms with Crippen molar-refractivity contribution in [1.82, 2.24) is 10.2 Å². The van der Waals surface area contributed by atoms with Crippen molar-refractivity contribution in [3.8, 4) is 0 Å². The number of fused-ring (bicyclic) bond motifs is 1. The fourth-order valence-electron chi connectivity index (χ4n) is 4.63. The van der Waals surface area contributed by atoms with Gasteiger partial charge in [-0.15, -0.1) is 0 Å². The summed E-state index contributed by atoms with van der Waals surface area (Å²) in [4.78, 5) is 2.32. The monoisotopic (exact) mass is 386 g/mol. The van der Waals surface area contributed by atoms with Crippen LogP contribution in [0.4, 0.5) is 13.2 Å². The Kier molecular flexibility index (Phi) is 4.29. The fourth-order valence-corrected chi connectivity index (χ4v) is 4.63. The van der Waals surface area contributed by atoms with Crippen LogP contribution in [0.15, 0.2) is 48.5 Å². The first-order chi connectivity index (χ1) is 13.4. The van der Waals surface area contributed by atoms with Crippen LogP contribution in [0.5, 0.6) is 0 Å². The van der Waals surface area contributed by atoms with E-state index in [2.05, 4.69) is 40.5 Å². The number of hydrogen-bond acceptors (Lipinski definition) is 2. The van der Waals surface area contributed by atoms with Gasteiger partial charge in [-0.1, -0.05) is 36.4 Å².